The SMILES string of the molecule is CCCCCCCCCC(=O)c1cc(N)cc(Cl)c1. The molecule has 0 bridgehead atoms. The molecule has 0 aliphatic heterocycles. The van der Waals surface area contributed by atoms with E-state index in [-0.39, 0.29) is 5.78 Å². The normalized spacial score (nSPS) is 10.6. The molecular formula is C16H24ClNO. The van der Waals surface area contributed by atoms with Crippen LogP contribution in [0.3, 0.4) is 0 Å². The maximum atomic E-state index is 12.0. The number of Topliss-reactive ketones (excluding diaryl/α,β-unsaturated/α-hetero) is 1. The summed E-state index contributed by atoms with van der Waals surface area (Å²) in [6, 6.07) is 5.06. The Kier molecular flexibility index (Phi) is 7.57. The van der Waals surface area contributed by atoms with Gasteiger partial charge in [0.15, 0.2) is 5.78 Å². The van der Waals surface area contributed by atoms with Crippen LogP contribution in [0.15, 0.2) is 18.2 Å². The molecule has 2 nitrogen and oxygen atoms in total. The highest BCUT2D eigenvalue weighted by Gasteiger charge is 2.07. The number of halogens is 1. The standard InChI is InChI=1S/C16H24ClNO/c1-2-3-4-5-6-7-8-9-16(19)13-10-14(17)12-15(18)11-13/h10-12H,2-9,18H2,1H3. The first kappa shape index (κ1) is 16.0. The first-order valence-corrected chi connectivity index (χ1v) is 7.60. The van der Waals surface area contributed by atoms with E-state index in [1.165, 1.54) is 32.1 Å². The Hall–Kier alpha value is -1.02. The van der Waals surface area contributed by atoms with Gasteiger partial charge in [0.2, 0.25) is 0 Å². The third kappa shape index (κ3) is 6.63. The Morgan fingerprint density at radius 2 is 1.68 bits per heavy atom. The predicted molar refractivity (Wildman–Crippen MR) is 82.8 cm³/mol. The summed E-state index contributed by atoms with van der Waals surface area (Å²) in [7, 11) is 0. The molecule has 1 aromatic carbocycles. The largest absolute Gasteiger partial charge is 0.399 e. The zero-order valence-corrected chi connectivity index (χ0v) is 12.5. The number of unbranched alkanes of at least 4 members (excludes halogenated alkanes) is 6. The highest BCUT2D eigenvalue weighted by Crippen LogP contribution is 2.19. The van der Waals surface area contributed by atoms with Gasteiger partial charge >= 0.3 is 0 Å². The number of nitrogen functional groups attached to an aromatic ring is 1. The molecule has 106 valence electrons. The van der Waals surface area contributed by atoms with Crippen LogP contribution in [-0.4, -0.2) is 5.78 Å². The van der Waals surface area contributed by atoms with Crippen LogP contribution in [0.1, 0.15) is 68.6 Å². The van der Waals surface area contributed by atoms with Crippen molar-refractivity contribution in [2.24, 2.45) is 0 Å². The van der Waals surface area contributed by atoms with E-state index in [2.05, 4.69) is 6.92 Å². The lowest BCUT2D eigenvalue weighted by Crippen LogP contribution is -2.00. The minimum absolute atomic E-state index is 0.141. The zero-order chi connectivity index (χ0) is 14.1. The molecule has 0 fully saturated rings. The van der Waals surface area contributed by atoms with Crippen LogP contribution >= 0.6 is 11.6 Å². The van der Waals surface area contributed by atoms with Gasteiger partial charge < -0.3 is 5.73 Å². The molecule has 0 spiro atoms. The molecular weight excluding hydrogens is 258 g/mol. The fourth-order valence-electron chi connectivity index (χ4n) is 2.16. The van der Waals surface area contributed by atoms with E-state index >= 15 is 0 Å². The maximum Gasteiger partial charge on any atom is 0.163 e. The molecule has 0 atom stereocenters. The van der Waals surface area contributed by atoms with Gasteiger partial charge in [-0.15, -0.1) is 0 Å². The van der Waals surface area contributed by atoms with E-state index in [1.807, 2.05) is 0 Å². The van der Waals surface area contributed by atoms with Gasteiger partial charge in [-0.3, -0.25) is 4.79 Å². The zero-order valence-electron chi connectivity index (χ0n) is 11.8. The van der Waals surface area contributed by atoms with Crippen LogP contribution in [0.5, 0.6) is 0 Å². The number of benzene rings is 1. The Morgan fingerprint density at radius 3 is 2.32 bits per heavy atom. The molecule has 0 saturated heterocycles. The molecule has 0 aliphatic rings. The number of ketones is 1. The molecule has 0 aliphatic carbocycles. The molecule has 0 heterocycles. The van der Waals surface area contributed by atoms with Gasteiger partial charge in [0.05, 0.1) is 0 Å². The molecule has 0 aromatic heterocycles. The van der Waals surface area contributed by atoms with Gasteiger partial charge in [-0.2, -0.15) is 0 Å². The van der Waals surface area contributed by atoms with Crippen molar-refractivity contribution in [3.8, 4) is 0 Å². The second-order valence-corrected chi connectivity index (χ2v) is 5.50. The number of anilines is 1. The summed E-state index contributed by atoms with van der Waals surface area (Å²) in [5.41, 5.74) is 6.87. The van der Waals surface area contributed by atoms with E-state index in [1.54, 1.807) is 18.2 Å². The van der Waals surface area contributed by atoms with Gasteiger partial charge in [-0.1, -0.05) is 57.0 Å². The average molecular weight is 282 g/mol. The summed E-state index contributed by atoms with van der Waals surface area (Å²) < 4.78 is 0. The van der Waals surface area contributed by atoms with Crippen LogP contribution in [0.25, 0.3) is 0 Å². The van der Waals surface area contributed by atoms with Gasteiger partial charge in [0, 0.05) is 22.7 Å². The van der Waals surface area contributed by atoms with Gasteiger partial charge in [0.1, 0.15) is 0 Å². The molecule has 19 heavy (non-hydrogen) atoms. The van der Waals surface area contributed by atoms with Crippen molar-refractivity contribution in [2.75, 3.05) is 5.73 Å². The number of carbonyl (C=O) groups is 1. The molecule has 0 unspecified atom stereocenters. The molecule has 0 amide bonds. The quantitative estimate of drug-likeness (QED) is 0.382. The van der Waals surface area contributed by atoms with Crippen molar-refractivity contribution in [1.29, 1.82) is 0 Å². The first-order valence-electron chi connectivity index (χ1n) is 7.22. The fourth-order valence-corrected chi connectivity index (χ4v) is 2.40. The van der Waals surface area contributed by atoms with Crippen molar-refractivity contribution < 1.29 is 4.79 Å². The number of hydrogen-bond donors (Lipinski definition) is 1. The molecule has 3 heteroatoms. The van der Waals surface area contributed by atoms with Crippen molar-refractivity contribution >= 4 is 23.1 Å². The molecule has 2 N–H and O–H groups in total. The minimum atomic E-state index is 0.141. The maximum absolute atomic E-state index is 12.0. The fraction of sp³-hybridized carbons (Fsp3) is 0.562. The summed E-state index contributed by atoms with van der Waals surface area (Å²) in [5.74, 6) is 0.141. The highest BCUT2D eigenvalue weighted by atomic mass is 35.5. The van der Waals surface area contributed by atoms with Crippen LogP contribution < -0.4 is 5.73 Å². The monoisotopic (exact) mass is 281 g/mol. The Bertz CT molecular complexity index is 383. The Balaban J connectivity index is 2.24. The average Bonchev–Trinajstić information content (AvgIpc) is 2.36. The van der Waals surface area contributed by atoms with Crippen molar-refractivity contribution in [1.82, 2.24) is 0 Å². The molecule has 1 rings (SSSR count). The number of rotatable bonds is 9. The molecule has 1 aromatic rings. The van der Waals surface area contributed by atoms with Gasteiger partial charge in [-0.05, 0) is 24.6 Å². The highest BCUT2D eigenvalue weighted by molar-refractivity contribution is 6.31. The molecule has 0 saturated carbocycles. The minimum Gasteiger partial charge on any atom is -0.399 e. The lowest BCUT2D eigenvalue weighted by atomic mass is 10.0. The van der Waals surface area contributed by atoms with Crippen molar-refractivity contribution in [2.45, 2.75) is 58.3 Å². The van der Waals surface area contributed by atoms with Gasteiger partial charge in [0.25, 0.3) is 0 Å². The van der Waals surface area contributed by atoms with Crippen LogP contribution in [0.4, 0.5) is 5.69 Å². The third-order valence-corrected chi connectivity index (χ3v) is 3.47. The number of hydrogen-bond acceptors (Lipinski definition) is 2. The second kappa shape index (κ2) is 8.98. The number of carbonyl (C=O) groups excluding carboxylic acids is 1. The first-order chi connectivity index (χ1) is 9.13. The van der Waals surface area contributed by atoms with E-state index in [0.29, 0.717) is 22.7 Å². The summed E-state index contributed by atoms with van der Waals surface area (Å²) in [5, 5.41) is 0.530. The van der Waals surface area contributed by atoms with Crippen LogP contribution in [0.2, 0.25) is 5.02 Å². The van der Waals surface area contributed by atoms with Crippen molar-refractivity contribution in [3.63, 3.8) is 0 Å². The Labute approximate surface area is 121 Å². The summed E-state index contributed by atoms with van der Waals surface area (Å²) in [6.07, 6.45) is 9.10. The summed E-state index contributed by atoms with van der Waals surface area (Å²) in [4.78, 5) is 12.0. The topological polar surface area (TPSA) is 43.1 Å². The summed E-state index contributed by atoms with van der Waals surface area (Å²) in [6.45, 7) is 2.22. The Morgan fingerprint density at radius 1 is 1.05 bits per heavy atom. The third-order valence-electron chi connectivity index (χ3n) is 3.25. The lowest BCUT2D eigenvalue weighted by molar-refractivity contribution is 0.0979. The predicted octanol–water partition coefficient (Wildman–Crippen LogP) is 5.25. The van der Waals surface area contributed by atoms with Crippen LogP contribution in [0, 0.1) is 0 Å². The van der Waals surface area contributed by atoms with E-state index < -0.39 is 0 Å². The van der Waals surface area contributed by atoms with E-state index in [0.717, 1.165) is 12.8 Å². The molecule has 0 radical (unpaired) electrons. The smallest absolute Gasteiger partial charge is 0.163 e. The van der Waals surface area contributed by atoms with Crippen LogP contribution in [-0.2, 0) is 0 Å². The lowest BCUT2D eigenvalue weighted by Gasteiger charge is -2.04. The van der Waals surface area contributed by atoms with Gasteiger partial charge in [-0.25, -0.2) is 0 Å². The van der Waals surface area contributed by atoms with E-state index in [4.69, 9.17) is 17.3 Å². The van der Waals surface area contributed by atoms with Crippen molar-refractivity contribution in [3.05, 3.63) is 28.8 Å². The summed E-state index contributed by atoms with van der Waals surface area (Å²) >= 11 is 5.89. The second-order valence-electron chi connectivity index (χ2n) is 5.07. The van der Waals surface area contributed by atoms with E-state index in [9.17, 15) is 4.79 Å². The number of nitrogens with two attached hydrogens (primary N) is 1.